The van der Waals surface area contributed by atoms with Crippen molar-refractivity contribution in [1.29, 1.82) is 0 Å². The molecule has 0 spiro atoms. The van der Waals surface area contributed by atoms with Gasteiger partial charge >= 0.3 is 0 Å². The Bertz CT molecular complexity index is 108. The molecule has 1 atom stereocenters. The molecule has 0 aliphatic heterocycles. The van der Waals surface area contributed by atoms with Gasteiger partial charge in [-0.25, -0.2) is 0 Å². The number of rotatable bonds is 3. The molecule has 0 rings (SSSR count). The van der Waals surface area contributed by atoms with Gasteiger partial charge in [-0.15, -0.1) is 11.6 Å². The summed E-state index contributed by atoms with van der Waals surface area (Å²) < 4.78 is 0. The highest BCUT2D eigenvalue weighted by atomic mass is 35.6. The highest BCUT2D eigenvalue weighted by molar-refractivity contribution is 7.33. The van der Waals surface area contributed by atoms with E-state index in [4.69, 9.17) is 33.8 Å². The fraction of sp³-hybridized carbons (Fsp3) is 1.00. The van der Waals surface area contributed by atoms with Crippen LogP contribution in [0, 0.1) is 0 Å². The molecule has 0 aliphatic carbocycles. The third-order valence-electron chi connectivity index (χ3n) is 1.07. The fourth-order valence-corrected chi connectivity index (χ4v) is 15.4. The molecule has 0 fully saturated rings. The zero-order valence-electron chi connectivity index (χ0n) is 6.55. The van der Waals surface area contributed by atoms with Crippen molar-refractivity contribution in [3.05, 3.63) is 0 Å². The van der Waals surface area contributed by atoms with Gasteiger partial charge in [0, 0.05) is 5.50 Å². The van der Waals surface area contributed by atoms with Crippen LogP contribution in [0.3, 0.4) is 0 Å². The highest BCUT2D eigenvalue weighted by Gasteiger charge is 2.32. The third kappa shape index (κ3) is 6.04. The molecule has 0 saturated carbocycles. The summed E-state index contributed by atoms with van der Waals surface area (Å²) in [4.78, 5) is 0. The second-order valence-electron chi connectivity index (χ2n) is 3.44. The van der Waals surface area contributed by atoms with Crippen molar-refractivity contribution >= 4 is 48.5 Å². The van der Waals surface area contributed by atoms with Crippen LogP contribution in [0.4, 0.5) is 0 Å². The topological polar surface area (TPSA) is 0 Å². The Morgan fingerprint density at radius 2 is 1.50 bits per heavy atom. The third-order valence-corrected chi connectivity index (χ3v) is 12.9. The van der Waals surface area contributed by atoms with Crippen molar-refractivity contribution in [1.82, 2.24) is 0 Å². The summed E-state index contributed by atoms with van der Waals surface area (Å²) >= 11 is 18.0. The van der Waals surface area contributed by atoms with Crippen molar-refractivity contribution < 1.29 is 0 Å². The van der Waals surface area contributed by atoms with Crippen molar-refractivity contribution in [2.75, 3.05) is 5.50 Å². The van der Waals surface area contributed by atoms with Crippen molar-refractivity contribution in [2.24, 2.45) is 0 Å². The minimum Gasteiger partial charge on any atom is -0.168 e. The Morgan fingerprint density at radius 1 is 1.10 bits per heavy atom. The Morgan fingerprint density at radius 3 is 1.60 bits per heavy atom. The summed E-state index contributed by atoms with van der Waals surface area (Å²) in [6, 6.07) is 0. The van der Waals surface area contributed by atoms with E-state index in [2.05, 4.69) is 19.6 Å². The lowest BCUT2D eigenvalue weighted by molar-refractivity contribution is 1.64. The van der Waals surface area contributed by atoms with Crippen LogP contribution in [0.25, 0.3) is 0 Å². The van der Waals surface area contributed by atoms with E-state index in [1.54, 1.807) is 0 Å². The second kappa shape index (κ2) is 3.81. The SMILES string of the molecule is C[Si](C)(Cl)C[Si](C)(Cl)CCl. The van der Waals surface area contributed by atoms with E-state index < -0.39 is 14.8 Å². The summed E-state index contributed by atoms with van der Waals surface area (Å²) in [5.41, 5.74) is 1.60. The van der Waals surface area contributed by atoms with Crippen LogP contribution >= 0.6 is 33.8 Å². The molecule has 5 heteroatoms. The van der Waals surface area contributed by atoms with Gasteiger partial charge in [0.15, 0.2) is 7.38 Å². The summed E-state index contributed by atoms with van der Waals surface area (Å²) in [5.74, 6) is 0. The van der Waals surface area contributed by atoms with Gasteiger partial charge in [-0.05, 0) is 5.67 Å². The number of hydrogen-bond donors (Lipinski definition) is 0. The summed E-state index contributed by atoms with van der Waals surface area (Å²) in [6.07, 6.45) is 0. The lowest BCUT2D eigenvalue weighted by atomic mass is 11.8. The number of hydrogen-bond acceptors (Lipinski definition) is 0. The van der Waals surface area contributed by atoms with E-state index in [1.807, 2.05) is 0 Å². The van der Waals surface area contributed by atoms with Crippen molar-refractivity contribution in [2.45, 2.75) is 25.3 Å². The molecule has 0 heterocycles. The van der Waals surface area contributed by atoms with E-state index in [9.17, 15) is 0 Å². The molecule has 1 unspecified atom stereocenters. The maximum Gasteiger partial charge on any atom is 0.166 e. The summed E-state index contributed by atoms with van der Waals surface area (Å²) in [5, 5.41) is 0. The maximum absolute atomic E-state index is 6.16. The van der Waals surface area contributed by atoms with Crippen LogP contribution in [0.1, 0.15) is 0 Å². The largest absolute Gasteiger partial charge is 0.168 e. The van der Waals surface area contributed by atoms with Gasteiger partial charge in [0.1, 0.15) is 7.38 Å². The molecular weight excluding hydrogens is 223 g/mol. The van der Waals surface area contributed by atoms with Crippen LogP contribution in [0.2, 0.25) is 25.3 Å². The minimum absolute atomic E-state index is 0.609. The van der Waals surface area contributed by atoms with Crippen LogP contribution in [-0.4, -0.2) is 20.3 Å². The smallest absolute Gasteiger partial charge is 0.166 e. The first-order valence-corrected chi connectivity index (χ1v) is 11.9. The van der Waals surface area contributed by atoms with Gasteiger partial charge < -0.3 is 0 Å². The van der Waals surface area contributed by atoms with Gasteiger partial charge in [0.2, 0.25) is 0 Å². The summed E-state index contributed by atoms with van der Waals surface area (Å²) in [7, 11) is -3.14. The maximum atomic E-state index is 6.16. The normalized spacial score (nSPS) is 18.6. The van der Waals surface area contributed by atoms with Crippen LogP contribution in [0.15, 0.2) is 0 Å². The summed E-state index contributed by atoms with van der Waals surface area (Å²) in [6.45, 7) is 6.28. The van der Waals surface area contributed by atoms with Crippen molar-refractivity contribution in [3.63, 3.8) is 0 Å². The van der Waals surface area contributed by atoms with Gasteiger partial charge in [-0.3, -0.25) is 0 Å². The fourth-order valence-electron chi connectivity index (χ4n) is 0.924. The number of halogens is 3. The molecule has 0 aliphatic rings. The minimum atomic E-state index is -1.65. The van der Waals surface area contributed by atoms with Crippen LogP contribution in [-0.2, 0) is 0 Å². The first-order chi connectivity index (χ1) is 4.27. The average molecular weight is 236 g/mol. The van der Waals surface area contributed by atoms with Crippen LogP contribution < -0.4 is 0 Å². The lowest BCUT2D eigenvalue weighted by Crippen LogP contribution is -2.35. The zero-order valence-corrected chi connectivity index (χ0v) is 10.8. The number of alkyl halides is 1. The first kappa shape index (κ1) is 11.3. The lowest BCUT2D eigenvalue weighted by Gasteiger charge is -2.22. The van der Waals surface area contributed by atoms with Gasteiger partial charge in [-0.1, -0.05) is 19.6 Å². The molecule has 0 saturated heterocycles. The Labute approximate surface area is 79.3 Å². The molecule has 0 N–H and O–H groups in total. The molecule has 0 aromatic heterocycles. The molecule has 62 valence electrons. The van der Waals surface area contributed by atoms with Gasteiger partial charge in [0.25, 0.3) is 0 Å². The first-order valence-electron chi connectivity index (χ1n) is 3.21. The molecule has 0 amide bonds. The Hall–Kier alpha value is 1.30. The van der Waals surface area contributed by atoms with E-state index in [0.29, 0.717) is 5.50 Å². The van der Waals surface area contributed by atoms with Crippen LogP contribution in [0.5, 0.6) is 0 Å². The molecule has 10 heavy (non-hydrogen) atoms. The van der Waals surface area contributed by atoms with E-state index in [0.717, 1.165) is 5.67 Å². The molecule has 0 aromatic carbocycles. The van der Waals surface area contributed by atoms with Crippen molar-refractivity contribution in [3.8, 4) is 0 Å². The predicted octanol–water partition coefficient (Wildman–Crippen LogP) is 3.56. The zero-order chi connectivity index (χ0) is 8.41. The van der Waals surface area contributed by atoms with Gasteiger partial charge in [0.05, 0.1) is 0 Å². The molecule has 0 nitrogen and oxygen atoms in total. The molecular formula is C5H13Cl3Si2. The molecule has 0 bridgehead atoms. The quantitative estimate of drug-likeness (QED) is 0.399. The predicted molar refractivity (Wildman–Crippen MR) is 56.3 cm³/mol. The Balaban J connectivity index is 3.89. The Kier molecular flexibility index (Phi) is 4.30. The molecule has 0 aromatic rings. The van der Waals surface area contributed by atoms with Gasteiger partial charge in [-0.2, -0.15) is 22.2 Å². The standard InChI is InChI=1S/C5H13Cl3Si2/c1-9(2,7)5-10(3,8)4-6/h4-5H2,1-3H3. The second-order valence-corrected chi connectivity index (χ2v) is 18.0. The average Bonchev–Trinajstić information content (AvgIpc) is 1.60. The van der Waals surface area contributed by atoms with E-state index >= 15 is 0 Å². The highest BCUT2D eigenvalue weighted by Crippen LogP contribution is 2.26. The molecule has 0 radical (unpaired) electrons. The monoisotopic (exact) mass is 234 g/mol. The van der Waals surface area contributed by atoms with E-state index in [-0.39, 0.29) is 0 Å². The van der Waals surface area contributed by atoms with E-state index in [1.165, 1.54) is 0 Å².